The molecule has 84 valence electrons. The molecular formula is C9H13NO5. The van der Waals surface area contributed by atoms with Gasteiger partial charge >= 0.3 is 5.97 Å². The molecule has 0 unspecified atom stereocenters. The molecule has 6 nitrogen and oxygen atoms in total. The molecular weight excluding hydrogens is 202 g/mol. The third-order valence-corrected chi connectivity index (χ3v) is 1.43. The first-order valence-corrected chi connectivity index (χ1v) is 4.28. The largest absolute Gasteiger partial charge is 0.462 e. The van der Waals surface area contributed by atoms with Crippen LogP contribution in [0.15, 0.2) is 12.7 Å². The molecule has 1 rings (SSSR count). The highest BCUT2D eigenvalue weighted by molar-refractivity contribution is 6.00. The Morgan fingerprint density at radius 2 is 2.00 bits per heavy atom. The normalized spacial score (nSPS) is 14.4. The minimum atomic E-state index is -0.505. The van der Waals surface area contributed by atoms with Gasteiger partial charge in [-0.15, -0.1) is 0 Å². The highest BCUT2D eigenvalue weighted by Gasteiger charge is 2.26. The van der Waals surface area contributed by atoms with Crippen molar-refractivity contribution in [2.45, 2.75) is 19.8 Å². The number of rotatable bonds is 2. The summed E-state index contributed by atoms with van der Waals surface area (Å²) in [4.78, 5) is 30.4. The quantitative estimate of drug-likeness (QED) is 0.309. The van der Waals surface area contributed by atoms with Crippen LogP contribution in [0, 0.1) is 0 Å². The molecule has 0 aliphatic carbocycles. The first kappa shape index (κ1) is 13.3. The van der Waals surface area contributed by atoms with Crippen molar-refractivity contribution >= 4 is 17.8 Å². The van der Waals surface area contributed by atoms with Crippen molar-refractivity contribution in [2.75, 3.05) is 6.61 Å². The lowest BCUT2D eigenvalue weighted by Gasteiger charge is -1.98. The molecule has 1 saturated heterocycles. The predicted octanol–water partition coefficient (Wildman–Crippen LogP) is 0.260. The maximum atomic E-state index is 10.2. The maximum Gasteiger partial charge on any atom is 0.302 e. The van der Waals surface area contributed by atoms with E-state index in [1.54, 1.807) is 0 Å². The summed E-state index contributed by atoms with van der Waals surface area (Å²) < 4.78 is 4.43. The minimum Gasteiger partial charge on any atom is -0.462 e. The van der Waals surface area contributed by atoms with Gasteiger partial charge in [0.1, 0.15) is 6.61 Å². The van der Waals surface area contributed by atoms with Crippen LogP contribution in [0.5, 0.6) is 0 Å². The van der Waals surface area contributed by atoms with E-state index in [1.807, 2.05) is 0 Å². The number of carbonyl (C=O) groups is 3. The van der Waals surface area contributed by atoms with E-state index in [0.717, 1.165) is 0 Å². The van der Waals surface area contributed by atoms with E-state index in [0.29, 0.717) is 6.61 Å². The number of hydroxylamine groups is 2. The summed E-state index contributed by atoms with van der Waals surface area (Å²) in [5, 5.41) is 8.57. The molecule has 0 aromatic rings. The highest BCUT2D eigenvalue weighted by Crippen LogP contribution is 2.06. The van der Waals surface area contributed by atoms with Gasteiger partial charge in [0.25, 0.3) is 11.8 Å². The van der Waals surface area contributed by atoms with Crippen molar-refractivity contribution < 1.29 is 24.3 Å². The second kappa shape index (κ2) is 6.72. The molecule has 0 aromatic carbocycles. The van der Waals surface area contributed by atoms with E-state index >= 15 is 0 Å². The Kier molecular flexibility index (Phi) is 5.96. The summed E-state index contributed by atoms with van der Waals surface area (Å²) in [6, 6.07) is 0. The van der Waals surface area contributed by atoms with Crippen LogP contribution >= 0.6 is 0 Å². The van der Waals surface area contributed by atoms with Crippen molar-refractivity contribution in [1.29, 1.82) is 0 Å². The highest BCUT2D eigenvalue weighted by atomic mass is 16.5. The molecule has 0 saturated carbocycles. The molecule has 2 amide bonds. The maximum absolute atomic E-state index is 10.2. The summed E-state index contributed by atoms with van der Waals surface area (Å²) in [6.07, 6.45) is 1.83. The topological polar surface area (TPSA) is 83.9 Å². The Balaban J connectivity index is 0.000000265. The molecule has 1 heterocycles. The third kappa shape index (κ3) is 5.58. The summed E-state index contributed by atoms with van der Waals surface area (Å²) in [5.41, 5.74) is 0. The summed E-state index contributed by atoms with van der Waals surface area (Å²) >= 11 is 0. The fourth-order valence-electron chi connectivity index (χ4n) is 0.741. The molecule has 1 aliphatic rings. The van der Waals surface area contributed by atoms with Gasteiger partial charge in [-0.3, -0.25) is 19.6 Å². The average Bonchev–Trinajstić information content (AvgIpc) is 2.47. The number of hydrogen-bond donors (Lipinski definition) is 1. The second-order valence-corrected chi connectivity index (χ2v) is 2.69. The van der Waals surface area contributed by atoms with Crippen LogP contribution < -0.4 is 0 Å². The van der Waals surface area contributed by atoms with Crippen molar-refractivity contribution in [2.24, 2.45) is 0 Å². The number of esters is 1. The van der Waals surface area contributed by atoms with Gasteiger partial charge in [-0.1, -0.05) is 12.7 Å². The lowest BCUT2D eigenvalue weighted by atomic mass is 10.4. The molecule has 0 bridgehead atoms. The number of hydrogen-bond acceptors (Lipinski definition) is 5. The Morgan fingerprint density at radius 1 is 1.53 bits per heavy atom. The fraction of sp³-hybridized carbons (Fsp3) is 0.444. The van der Waals surface area contributed by atoms with Gasteiger partial charge < -0.3 is 4.74 Å². The van der Waals surface area contributed by atoms with E-state index in [9.17, 15) is 14.4 Å². The molecule has 6 heteroatoms. The van der Waals surface area contributed by atoms with Gasteiger partial charge in [-0.25, -0.2) is 0 Å². The van der Waals surface area contributed by atoms with Gasteiger partial charge in [-0.2, -0.15) is 5.06 Å². The second-order valence-electron chi connectivity index (χ2n) is 2.69. The first-order valence-electron chi connectivity index (χ1n) is 4.28. The van der Waals surface area contributed by atoms with Crippen molar-refractivity contribution in [1.82, 2.24) is 5.06 Å². The zero-order chi connectivity index (χ0) is 11.8. The minimum absolute atomic E-state index is 0.148. The number of carbonyl (C=O) groups excluding carboxylic acids is 3. The monoisotopic (exact) mass is 215 g/mol. The molecule has 0 atom stereocenters. The number of ether oxygens (including phenoxy) is 1. The van der Waals surface area contributed by atoms with Gasteiger partial charge in [0.05, 0.1) is 0 Å². The standard InChI is InChI=1S/C5H8O2.C4H5NO3/c1-3-4-7-5(2)6;6-3-1-2-4(7)5(3)8/h3H,1,4H2,2H3;8H,1-2H2. The van der Waals surface area contributed by atoms with Crippen LogP contribution in [-0.2, 0) is 19.1 Å². The van der Waals surface area contributed by atoms with Crippen LogP contribution in [0.2, 0.25) is 0 Å². The van der Waals surface area contributed by atoms with Crippen molar-refractivity contribution in [3.05, 3.63) is 12.7 Å². The zero-order valence-corrected chi connectivity index (χ0v) is 8.43. The Hall–Kier alpha value is -1.69. The summed E-state index contributed by atoms with van der Waals surface area (Å²) in [7, 11) is 0. The van der Waals surface area contributed by atoms with Crippen LogP contribution in [0.1, 0.15) is 19.8 Å². The zero-order valence-electron chi connectivity index (χ0n) is 8.43. The molecule has 1 N–H and O–H groups in total. The third-order valence-electron chi connectivity index (χ3n) is 1.43. The Bertz CT molecular complexity index is 258. The van der Waals surface area contributed by atoms with E-state index in [2.05, 4.69) is 11.3 Å². The molecule has 0 aromatic heterocycles. The molecule has 15 heavy (non-hydrogen) atoms. The van der Waals surface area contributed by atoms with Crippen LogP contribution in [-0.4, -0.2) is 34.7 Å². The van der Waals surface area contributed by atoms with E-state index in [4.69, 9.17) is 5.21 Å². The fourth-order valence-corrected chi connectivity index (χ4v) is 0.741. The smallest absolute Gasteiger partial charge is 0.302 e. The Morgan fingerprint density at radius 3 is 2.13 bits per heavy atom. The predicted molar refractivity (Wildman–Crippen MR) is 49.7 cm³/mol. The number of nitrogens with zero attached hydrogens (tertiary/aromatic N) is 1. The SMILES string of the molecule is C=CCOC(C)=O.O=C1CCC(=O)N1O. The molecule has 0 spiro atoms. The average molecular weight is 215 g/mol. The van der Waals surface area contributed by atoms with E-state index in [1.165, 1.54) is 13.0 Å². The summed E-state index contributed by atoms with van der Waals surface area (Å²) in [6.45, 7) is 5.03. The van der Waals surface area contributed by atoms with Gasteiger partial charge in [0.15, 0.2) is 0 Å². The lowest BCUT2D eigenvalue weighted by Crippen LogP contribution is -2.24. The first-order chi connectivity index (χ1) is 6.99. The van der Waals surface area contributed by atoms with Crippen molar-refractivity contribution in [3.8, 4) is 0 Å². The van der Waals surface area contributed by atoms with Gasteiger partial charge in [-0.05, 0) is 0 Å². The van der Waals surface area contributed by atoms with Gasteiger partial charge in [0.2, 0.25) is 0 Å². The van der Waals surface area contributed by atoms with Gasteiger partial charge in [0, 0.05) is 19.8 Å². The summed E-state index contributed by atoms with van der Waals surface area (Å²) in [5.74, 6) is -1.27. The van der Waals surface area contributed by atoms with E-state index < -0.39 is 11.8 Å². The van der Waals surface area contributed by atoms with Crippen molar-refractivity contribution in [3.63, 3.8) is 0 Å². The lowest BCUT2D eigenvalue weighted by molar-refractivity contribution is -0.171. The van der Waals surface area contributed by atoms with Crippen LogP contribution in [0.4, 0.5) is 0 Å². The van der Waals surface area contributed by atoms with Crippen LogP contribution in [0.3, 0.4) is 0 Å². The number of imide groups is 1. The number of amides is 2. The molecule has 1 aliphatic heterocycles. The molecule has 1 fully saturated rings. The Labute approximate surface area is 87.1 Å². The molecule has 0 radical (unpaired) electrons. The van der Waals surface area contributed by atoms with Crippen LogP contribution in [0.25, 0.3) is 0 Å². The van der Waals surface area contributed by atoms with E-state index in [-0.39, 0.29) is 23.9 Å².